The summed E-state index contributed by atoms with van der Waals surface area (Å²) in [5.74, 6) is 0.148. The highest BCUT2D eigenvalue weighted by Gasteiger charge is 2.62. The first kappa shape index (κ1) is 18.9. The fraction of sp³-hybridized carbons (Fsp3) is 0.391. The van der Waals surface area contributed by atoms with E-state index < -0.39 is 18.1 Å². The Morgan fingerprint density at radius 3 is 2.74 bits per heavy atom. The van der Waals surface area contributed by atoms with Crippen LogP contribution in [0.25, 0.3) is 10.9 Å². The predicted molar refractivity (Wildman–Crippen MR) is 117 cm³/mol. The largest absolute Gasteiger partial charge is 0.467 e. The second-order valence-corrected chi connectivity index (χ2v) is 9.06. The second-order valence-electron chi connectivity index (χ2n) is 8.69. The fourth-order valence-corrected chi connectivity index (χ4v) is 6.01. The lowest BCUT2D eigenvalue weighted by Gasteiger charge is -2.49. The van der Waals surface area contributed by atoms with E-state index in [1.165, 1.54) is 5.39 Å². The maximum absolute atomic E-state index is 12.6. The Kier molecular flexibility index (Phi) is 4.16. The molecule has 31 heavy (non-hydrogen) atoms. The monoisotopic (exact) mass is 437 g/mol. The Bertz CT molecular complexity index is 1170. The van der Waals surface area contributed by atoms with Crippen molar-refractivity contribution in [2.24, 2.45) is 13.0 Å². The zero-order chi connectivity index (χ0) is 21.3. The van der Waals surface area contributed by atoms with E-state index >= 15 is 0 Å². The number of thiocarbonyl (C=S) groups is 1. The molecule has 5 heterocycles. The highest BCUT2D eigenvalue weighted by atomic mass is 32.1. The molecule has 3 saturated heterocycles. The van der Waals surface area contributed by atoms with E-state index in [2.05, 4.69) is 32.7 Å². The lowest BCUT2D eigenvalue weighted by atomic mass is 9.74. The topological polar surface area (TPSA) is 71.1 Å². The van der Waals surface area contributed by atoms with Crippen molar-refractivity contribution in [2.75, 3.05) is 0 Å². The molecule has 1 saturated carbocycles. The molecule has 0 spiro atoms. The molecule has 7 nitrogen and oxygen atoms in total. The van der Waals surface area contributed by atoms with Crippen molar-refractivity contribution >= 4 is 34.2 Å². The van der Waals surface area contributed by atoms with Crippen molar-refractivity contribution in [3.63, 3.8) is 0 Å². The number of nitrogens with zero attached hydrogens (tertiary/aromatic N) is 3. The van der Waals surface area contributed by atoms with Crippen LogP contribution < -0.4 is 0 Å². The van der Waals surface area contributed by atoms with Crippen LogP contribution in [0.15, 0.2) is 53.3 Å². The van der Waals surface area contributed by atoms with Crippen LogP contribution in [0.3, 0.4) is 0 Å². The Morgan fingerprint density at radius 2 is 1.94 bits per heavy atom. The molecule has 160 valence electrons. The molecule has 1 N–H and O–H groups in total. The standard InChI is InChI=1S/C23H23N3O4S/c1-24-10-13(15-6-2-3-7-17(15)24)11-25-20-19(16-9-18(27)21(20)30-22(16)28)26(23(25)31)12-14-5-4-8-29-14/h2-8,10,16,18-21,27H,9,11-12H2,1H3/t16-,18+,19+,20-,21-/m0/s1. The number of aromatic nitrogens is 1. The van der Waals surface area contributed by atoms with E-state index in [0.717, 1.165) is 16.8 Å². The number of carbonyl (C=O) groups is 1. The molecule has 4 aliphatic rings. The minimum Gasteiger partial charge on any atom is -0.467 e. The van der Waals surface area contributed by atoms with Gasteiger partial charge < -0.3 is 28.6 Å². The van der Waals surface area contributed by atoms with Gasteiger partial charge in [0.1, 0.15) is 11.9 Å². The molecule has 2 bridgehead atoms. The van der Waals surface area contributed by atoms with Crippen LogP contribution in [-0.4, -0.2) is 54.8 Å². The number of aliphatic hydroxyl groups is 1. The average molecular weight is 438 g/mol. The quantitative estimate of drug-likeness (QED) is 0.497. The van der Waals surface area contributed by atoms with Crippen molar-refractivity contribution in [2.45, 2.75) is 43.8 Å². The molecule has 0 amide bonds. The number of ether oxygens (including phenoxy) is 1. The molecule has 1 aromatic carbocycles. The average Bonchev–Trinajstić information content (AvgIpc) is 3.45. The maximum Gasteiger partial charge on any atom is 0.311 e. The molecule has 3 aromatic rings. The minimum atomic E-state index is -0.676. The van der Waals surface area contributed by atoms with Crippen LogP contribution in [0.5, 0.6) is 0 Å². The molecule has 2 aromatic heterocycles. The Balaban J connectivity index is 1.41. The van der Waals surface area contributed by atoms with Gasteiger partial charge in [-0.05, 0) is 42.4 Å². The molecular formula is C23H23N3O4S. The Morgan fingerprint density at radius 1 is 1.13 bits per heavy atom. The van der Waals surface area contributed by atoms with Crippen LogP contribution >= 0.6 is 12.2 Å². The molecule has 3 aliphatic heterocycles. The van der Waals surface area contributed by atoms with Gasteiger partial charge in [-0.3, -0.25) is 4.79 Å². The number of furan rings is 1. The zero-order valence-electron chi connectivity index (χ0n) is 17.0. The number of hydrogen-bond donors (Lipinski definition) is 1. The van der Waals surface area contributed by atoms with E-state index in [9.17, 15) is 9.90 Å². The molecule has 7 rings (SSSR count). The number of benzene rings is 1. The smallest absolute Gasteiger partial charge is 0.311 e. The molecule has 0 radical (unpaired) electrons. The number of esters is 1. The summed E-state index contributed by atoms with van der Waals surface area (Å²) in [7, 11) is 2.04. The second kappa shape index (κ2) is 6.83. The van der Waals surface area contributed by atoms with Gasteiger partial charge in [0.25, 0.3) is 0 Å². The van der Waals surface area contributed by atoms with E-state index in [-0.39, 0.29) is 18.1 Å². The summed E-state index contributed by atoms with van der Waals surface area (Å²) in [4.78, 5) is 16.8. The maximum atomic E-state index is 12.6. The van der Waals surface area contributed by atoms with Gasteiger partial charge in [0.05, 0.1) is 36.9 Å². The number of aryl methyl sites for hydroxylation is 1. The number of fused-ring (bicyclic) bond motifs is 3. The minimum absolute atomic E-state index is 0.137. The van der Waals surface area contributed by atoms with Crippen molar-refractivity contribution in [1.29, 1.82) is 0 Å². The van der Waals surface area contributed by atoms with Gasteiger partial charge in [0.15, 0.2) is 5.11 Å². The summed E-state index contributed by atoms with van der Waals surface area (Å²) in [6, 6.07) is 11.7. The van der Waals surface area contributed by atoms with Gasteiger partial charge in [-0.25, -0.2) is 0 Å². The number of aliphatic hydroxyl groups excluding tert-OH is 1. The third-order valence-electron chi connectivity index (χ3n) is 6.97. The zero-order valence-corrected chi connectivity index (χ0v) is 17.9. The third-order valence-corrected chi connectivity index (χ3v) is 7.44. The fourth-order valence-electron chi connectivity index (χ4n) is 5.63. The molecule has 1 aliphatic carbocycles. The normalized spacial score (nSPS) is 29.7. The third kappa shape index (κ3) is 2.74. The first-order valence-electron chi connectivity index (χ1n) is 10.5. The molecule has 5 atom stereocenters. The van der Waals surface area contributed by atoms with Gasteiger partial charge in [-0.2, -0.15) is 0 Å². The van der Waals surface area contributed by atoms with Crippen molar-refractivity contribution in [3.05, 3.63) is 60.2 Å². The van der Waals surface area contributed by atoms with Crippen LogP contribution in [0.2, 0.25) is 0 Å². The first-order valence-corrected chi connectivity index (χ1v) is 10.9. The lowest BCUT2D eigenvalue weighted by Crippen LogP contribution is -2.66. The predicted octanol–water partition coefficient (Wildman–Crippen LogP) is 2.42. The molecule has 0 unspecified atom stereocenters. The van der Waals surface area contributed by atoms with Crippen LogP contribution in [-0.2, 0) is 29.7 Å². The highest BCUT2D eigenvalue weighted by molar-refractivity contribution is 7.80. The van der Waals surface area contributed by atoms with Crippen molar-refractivity contribution in [1.82, 2.24) is 14.4 Å². The van der Waals surface area contributed by atoms with Crippen molar-refractivity contribution < 1.29 is 19.1 Å². The van der Waals surface area contributed by atoms with E-state index in [0.29, 0.717) is 24.6 Å². The Labute approximate surface area is 184 Å². The van der Waals surface area contributed by atoms with Gasteiger partial charge >= 0.3 is 5.97 Å². The Hall–Kier alpha value is -2.84. The van der Waals surface area contributed by atoms with Gasteiger partial charge in [0.2, 0.25) is 0 Å². The van der Waals surface area contributed by atoms with Crippen LogP contribution in [0.1, 0.15) is 17.7 Å². The molecule has 4 fully saturated rings. The number of para-hydroxylation sites is 1. The SMILES string of the molecule is Cn1cc(CN2C(=S)N(Cc3ccco3)[C@H]3[C@H]2[C@H]2OC(=O)[C@H]3C[C@H]2O)c2ccccc21. The summed E-state index contributed by atoms with van der Waals surface area (Å²) in [6.07, 6.45) is 2.91. The number of hydrogen-bond acceptors (Lipinski definition) is 5. The van der Waals surface area contributed by atoms with E-state index in [4.69, 9.17) is 21.4 Å². The molecular weight excluding hydrogens is 414 g/mol. The summed E-state index contributed by atoms with van der Waals surface area (Å²) < 4.78 is 13.4. The van der Waals surface area contributed by atoms with Crippen LogP contribution in [0.4, 0.5) is 0 Å². The van der Waals surface area contributed by atoms with E-state index in [1.54, 1.807) is 6.26 Å². The van der Waals surface area contributed by atoms with Gasteiger partial charge in [-0.15, -0.1) is 0 Å². The summed E-state index contributed by atoms with van der Waals surface area (Å²) >= 11 is 5.94. The first-order chi connectivity index (χ1) is 15.0. The van der Waals surface area contributed by atoms with Crippen LogP contribution in [0, 0.1) is 5.92 Å². The van der Waals surface area contributed by atoms with Crippen molar-refractivity contribution in [3.8, 4) is 0 Å². The summed E-state index contributed by atoms with van der Waals surface area (Å²) in [6.45, 7) is 1.08. The number of carbonyl (C=O) groups excluding carboxylic acids is 1. The van der Waals surface area contributed by atoms with Gasteiger partial charge in [0, 0.05) is 30.7 Å². The van der Waals surface area contributed by atoms with Gasteiger partial charge in [-0.1, -0.05) is 18.2 Å². The highest BCUT2D eigenvalue weighted by Crippen LogP contribution is 2.45. The number of rotatable bonds is 4. The van der Waals surface area contributed by atoms with E-state index in [1.807, 2.05) is 31.3 Å². The lowest BCUT2D eigenvalue weighted by molar-refractivity contribution is -0.199. The summed E-state index contributed by atoms with van der Waals surface area (Å²) in [5.41, 5.74) is 2.31. The summed E-state index contributed by atoms with van der Waals surface area (Å²) in [5, 5.41) is 12.5. The molecule has 8 heteroatoms.